The minimum atomic E-state index is 0.678. The highest BCUT2D eigenvalue weighted by Gasteiger charge is 2.13. The number of H-pyrrole nitrogens is 1. The van der Waals surface area contributed by atoms with Crippen LogP contribution in [-0.2, 0) is 0 Å². The number of hydrogen-bond donors (Lipinski definition) is 2. The van der Waals surface area contributed by atoms with E-state index in [1.54, 1.807) is 0 Å². The second-order valence-electron chi connectivity index (χ2n) is 3.46. The molecule has 0 atom stereocenters. The Morgan fingerprint density at radius 3 is 3.07 bits per heavy atom. The van der Waals surface area contributed by atoms with Crippen LogP contribution in [0.4, 0.5) is 0 Å². The largest absolute Gasteiger partial charge is 0.349 e. The summed E-state index contributed by atoms with van der Waals surface area (Å²) >= 11 is 5.94. The quantitative estimate of drug-likeness (QED) is 0.628. The second-order valence-corrected chi connectivity index (χ2v) is 3.90. The number of aromatic nitrogens is 1. The monoisotopic (exact) mass is 216 g/mol. The van der Waals surface area contributed by atoms with Crippen molar-refractivity contribution in [3.63, 3.8) is 0 Å². The Bertz CT molecular complexity index is 719. The van der Waals surface area contributed by atoms with E-state index >= 15 is 0 Å². The van der Waals surface area contributed by atoms with Gasteiger partial charge in [0.15, 0.2) is 6.07 Å². The first kappa shape index (κ1) is 8.54. The standard InChI is InChI=1S/C11H6ClN3/c12-6-1-2-9-7(3-6)8-5-14-10(4-13)11(8)15-9/h1-3,5,14-15H/p+1. The molecular weight excluding hydrogens is 210 g/mol. The molecule has 0 bridgehead atoms. The molecule has 1 aliphatic rings. The summed E-state index contributed by atoms with van der Waals surface area (Å²) in [6.45, 7) is 0. The van der Waals surface area contributed by atoms with E-state index in [1.807, 2.05) is 29.7 Å². The molecule has 2 aromatic rings. The van der Waals surface area contributed by atoms with Crippen molar-refractivity contribution in [2.24, 2.45) is 0 Å². The van der Waals surface area contributed by atoms with Crippen LogP contribution in [0.3, 0.4) is 0 Å². The van der Waals surface area contributed by atoms with Gasteiger partial charge in [-0.1, -0.05) is 11.6 Å². The molecule has 1 aliphatic heterocycles. The van der Waals surface area contributed by atoms with Gasteiger partial charge >= 0.3 is 0 Å². The molecule has 3 rings (SSSR count). The van der Waals surface area contributed by atoms with E-state index in [0.29, 0.717) is 10.7 Å². The van der Waals surface area contributed by atoms with Crippen LogP contribution in [0.1, 0.15) is 0 Å². The number of nitrogens with one attached hydrogen (secondary N) is 1. The van der Waals surface area contributed by atoms with Gasteiger partial charge in [-0.15, -0.1) is 0 Å². The number of rotatable bonds is 0. The third kappa shape index (κ3) is 1.09. The number of hydrogen-bond acceptors (Lipinski definition) is 1. The molecule has 3 nitrogen and oxygen atoms in total. The van der Waals surface area contributed by atoms with Gasteiger partial charge in [-0.3, -0.25) is 5.32 Å². The number of benzene rings is 1. The first-order valence-corrected chi connectivity index (χ1v) is 4.94. The van der Waals surface area contributed by atoms with Gasteiger partial charge in [0, 0.05) is 15.9 Å². The molecule has 0 saturated heterocycles. The summed E-state index contributed by atoms with van der Waals surface area (Å²) in [5.74, 6) is 0. The number of aromatic amines is 1. The van der Waals surface area contributed by atoms with Crippen LogP contribution >= 0.6 is 11.6 Å². The van der Waals surface area contributed by atoms with Gasteiger partial charge in [0.05, 0.1) is 5.22 Å². The van der Waals surface area contributed by atoms with Gasteiger partial charge in [-0.25, -0.2) is 0 Å². The Morgan fingerprint density at radius 2 is 2.27 bits per heavy atom. The predicted octanol–water partition coefficient (Wildman–Crippen LogP) is -0.232. The smallest absolute Gasteiger partial charge is 0.236 e. The molecule has 0 radical (unpaired) electrons. The van der Waals surface area contributed by atoms with E-state index in [-0.39, 0.29) is 0 Å². The zero-order chi connectivity index (χ0) is 10.4. The van der Waals surface area contributed by atoms with Crippen LogP contribution < -0.4 is 15.9 Å². The van der Waals surface area contributed by atoms with E-state index in [1.165, 1.54) is 0 Å². The van der Waals surface area contributed by atoms with Crippen molar-refractivity contribution in [3.05, 3.63) is 33.8 Å². The number of fused-ring (bicyclic) bond motifs is 3. The Labute approximate surface area is 90.3 Å². The first-order chi connectivity index (χ1) is 7.29. The third-order valence-electron chi connectivity index (χ3n) is 2.61. The molecule has 1 aromatic heterocycles. The minimum Gasteiger partial charge on any atom is -0.349 e. The van der Waals surface area contributed by atoms with Crippen LogP contribution in [0.15, 0.2) is 18.2 Å². The van der Waals surface area contributed by atoms with Gasteiger partial charge in [-0.05, 0) is 18.2 Å². The topological polar surface area (TPSA) is 56.2 Å². The fourth-order valence-electron chi connectivity index (χ4n) is 1.91. The zero-order valence-corrected chi connectivity index (χ0v) is 8.47. The molecule has 1 aromatic carbocycles. The highest BCUT2D eigenvalue weighted by atomic mass is 35.5. The summed E-state index contributed by atoms with van der Waals surface area (Å²) in [5.41, 5.74) is 1.69. The number of quaternary nitrogens is 1. The Balaban J connectivity index is 2.58. The number of nitriles is 1. The molecular formula is C11H7ClN3+. The van der Waals surface area contributed by atoms with Gasteiger partial charge < -0.3 is 4.98 Å². The van der Waals surface area contributed by atoms with Gasteiger partial charge in [0.2, 0.25) is 5.70 Å². The summed E-state index contributed by atoms with van der Waals surface area (Å²) < 4.78 is 0. The van der Waals surface area contributed by atoms with Gasteiger partial charge in [0.25, 0.3) is 0 Å². The maximum Gasteiger partial charge on any atom is 0.236 e. The molecule has 72 valence electrons. The summed E-state index contributed by atoms with van der Waals surface area (Å²) in [6, 6.07) is 7.84. The van der Waals surface area contributed by atoms with Crippen molar-refractivity contribution in [1.82, 2.24) is 4.98 Å². The van der Waals surface area contributed by atoms with E-state index in [9.17, 15) is 0 Å². The number of halogens is 1. The Morgan fingerprint density at radius 1 is 1.40 bits per heavy atom. The molecule has 0 spiro atoms. The van der Waals surface area contributed by atoms with Crippen molar-refractivity contribution >= 4 is 34.4 Å². The average molecular weight is 217 g/mol. The molecule has 4 heteroatoms. The van der Waals surface area contributed by atoms with Gasteiger partial charge in [-0.2, -0.15) is 5.26 Å². The fourth-order valence-corrected chi connectivity index (χ4v) is 2.09. The Kier molecular flexibility index (Phi) is 1.63. The lowest BCUT2D eigenvalue weighted by atomic mass is 10.2. The molecule has 0 unspecified atom stereocenters. The molecule has 3 N–H and O–H groups in total. The summed E-state index contributed by atoms with van der Waals surface area (Å²) in [5, 5.41) is 14.5. The molecule has 2 heterocycles. The van der Waals surface area contributed by atoms with E-state index in [4.69, 9.17) is 16.9 Å². The average Bonchev–Trinajstić information content (AvgIpc) is 2.76. The lowest BCUT2D eigenvalue weighted by molar-refractivity contribution is -0.444. The van der Waals surface area contributed by atoms with Crippen molar-refractivity contribution in [3.8, 4) is 6.07 Å². The lowest BCUT2D eigenvalue weighted by Crippen LogP contribution is -2.73. The molecule has 0 fully saturated rings. The maximum absolute atomic E-state index is 8.91. The molecule has 0 saturated carbocycles. The van der Waals surface area contributed by atoms with Crippen molar-refractivity contribution in [2.75, 3.05) is 0 Å². The Hall–Kier alpha value is -1.76. The van der Waals surface area contributed by atoms with Crippen molar-refractivity contribution in [1.29, 1.82) is 5.26 Å². The SMILES string of the molecule is N#CC1=c2[nH]c3ccc(Cl)cc3c2=C[NH2+]1. The predicted molar refractivity (Wildman–Crippen MR) is 58.0 cm³/mol. The summed E-state index contributed by atoms with van der Waals surface area (Å²) in [6.07, 6.45) is 1.95. The highest BCUT2D eigenvalue weighted by molar-refractivity contribution is 6.31. The number of nitrogens with zero attached hydrogens (tertiary/aromatic N) is 1. The molecule has 0 amide bonds. The fraction of sp³-hybridized carbons (Fsp3) is 0. The zero-order valence-electron chi connectivity index (χ0n) is 7.71. The van der Waals surface area contributed by atoms with Crippen molar-refractivity contribution < 1.29 is 5.32 Å². The van der Waals surface area contributed by atoms with E-state index < -0.39 is 0 Å². The van der Waals surface area contributed by atoms with E-state index in [2.05, 4.69) is 11.1 Å². The highest BCUT2D eigenvalue weighted by Crippen LogP contribution is 2.13. The molecule has 15 heavy (non-hydrogen) atoms. The summed E-state index contributed by atoms with van der Waals surface area (Å²) in [4.78, 5) is 3.22. The van der Waals surface area contributed by atoms with Crippen LogP contribution in [-0.4, -0.2) is 4.98 Å². The van der Waals surface area contributed by atoms with E-state index in [0.717, 1.165) is 21.5 Å². The van der Waals surface area contributed by atoms with Crippen LogP contribution in [0.2, 0.25) is 5.02 Å². The lowest BCUT2D eigenvalue weighted by Gasteiger charge is -1.90. The minimum absolute atomic E-state index is 0.678. The van der Waals surface area contributed by atoms with Crippen LogP contribution in [0.5, 0.6) is 0 Å². The third-order valence-corrected chi connectivity index (χ3v) is 2.84. The van der Waals surface area contributed by atoms with Crippen LogP contribution in [0.25, 0.3) is 22.8 Å². The first-order valence-electron chi connectivity index (χ1n) is 4.56. The van der Waals surface area contributed by atoms with Crippen molar-refractivity contribution in [2.45, 2.75) is 0 Å². The normalized spacial score (nSPS) is 13.7. The van der Waals surface area contributed by atoms with Gasteiger partial charge in [0.1, 0.15) is 11.5 Å². The number of nitrogens with two attached hydrogens (primary N) is 1. The summed E-state index contributed by atoms with van der Waals surface area (Å²) in [7, 11) is 0. The second kappa shape index (κ2) is 2.86. The van der Waals surface area contributed by atoms with Crippen LogP contribution in [0, 0.1) is 11.3 Å². The maximum atomic E-state index is 8.91. The molecule has 0 aliphatic carbocycles.